The average Bonchev–Trinajstić information content (AvgIpc) is 2.90. The summed E-state index contributed by atoms with van der Waals surface area (Å²) in [5.74, 6) is -1.90. The third-order valence-corrected chi connectivity index (χ3v) is 3.47. The maximum atomic E-state index is 13.4. The van der Waals surface area contributed by atoms with Crippen LogP contribution in [0.4, 0.5) is 8.78 Å². The van der Waals surface area contributed by atoms with Gasteiger partial charge in [-0.05, 0) is 24.3 Å². The zero-order valence-electron chi connectivity index (χ0n) is 11.0. The molecule has 2 N–H and O–H groups in total. The van der Waals surface area contributed by atoms with Gasteiger partial charge in [0.25, 0.3) is 5.56 Å². The van der Waals surface area contributed by atoms with E-state index in [1.54, 1.807) is 18.2 Å². The van der Waals surface area contributed by atoms with Crippen LogP contribution in [0.3, 0.4) is 0 Å². The molecule has 22 heavy (non-hydrogen) atoms. The molecular formula is C15H8F2N4O. The lowest BCUT2D eigenvalue weighted by atomic mass is 10.1. The second-order valence-electron chi connectivity index (χ2n) is 4.82. The van der Waals surface area contributed by atoms with E-state index in [2.05, 4.69) is 20.2 Å². The Hall–Kier alpha value is -3.09. The number of nitrogens with one attached hydrogen (secondary N) is 2. The molecule has 108 valence electrons. The molecule has 0 aliphatic heterocycles. The van der Waals surface area contributed by atoms with Crippen LogP contribution in [0.2, 0.25) is 0 Å². The van der Waals surface area contributed by atoms with Gasteiger partial charge < -0.3 is 4.98 Å². The zero-order chi connectivity index (χ0) is 15.3. The molecule has 0 amide bonds. The molecule has 0 bridgehead atoms. The van der Waals surface area contributed by atoms with Crippen molar-refractivity contribution in [3.05, 3.63) is 58.5 Å². The molecule has 0 saturated carbocycles. The fraction of sp³-hybridized carbons (Fsp3) is 0. The second-order valence-corrected chi connectivity index (χ2v) is 4.82. The quantitative estimate of drug-likeness (QED) is 0.567. The summed E-state index contributed by atoms with van der Waals surface area (Å²) in [6.45, 7) is 0. The van der Waals surface area contributed by atoms with Gasteiger partial charge in [0.15, 0.2) is 11.6 Å². The molecule has 0 saturated heterocycles. The first kappa shape index (κ1) is 12.6. The van der Waals surface area contributed by atoms with Crippen molar-refractivity contribution in [2.75, 3.05) is 0 Å². The predicted octanol–water partition coefficient (Wildman–Crippen LogP) is 2.74. The molecule has 4 aromatic rings. The largest absolute Gasteiger partial charge is 0.328 e. The number of benzene rings is 1. The number of nitrogens with zero attached hydrogens (tertiary/aromatic N) is 2. The second kappa shape index (κ2) is 4.45. The first-order valence-corrected chi connectivity index (χ1v) is 6.45. The smallest absolute Gasteiger partial charge is 0.257 e. The van der Waals surface area contributed by atoms with Crippen LogP contribution in [0.5, 0.6) is 0 Å². The SMILES string of the molecule is O=c1[nH]ccc2nc(-c3n[nH]c4cc(F)c(F)cc34)ccc12. The molecule has 1 aromatic carbocycles. The van der Waals surface area contributed by atoms with Crippen LogP contribution >= 0.6 is 0 Å². The van der Waals surface area contributed by atoms with E-state index in [0.717, 1.165) is 12.1 Å². The Morgan fingerprint density at radius 3 is 2.68 bits per heavy atom. The normalized spacial score (nSPS) is 11.4. The number of fused-ring (bicyclic) bond motifs is 2. The van der Waals surface area contributed by atoms with Crippen molar-refractivity contribution in [2.24, 2.45) is 0 Å². The van der Waals surface area contributed by atoms with E-state index < -0.39 is 11.6 Å². The Kier molecular flexibility index (Phi) is 2.56. The maximum absolute atomic E-state index is 13.4. The summed E-state index contributed by atoms with van der Waals surface area (Å²) in [6.07, 6.45) is 1.50. The third kappa shape index (κ3) is 1.79. The molecule has 0 aliphatic rings. The maximum Gasteiger partial charge on any atom is 0.257 e. The molecule has 0 fully saturated rings. The van der Waals surface area contributed by atoms with E-state index in [1.807, 2.05) is 0 Å². The van der Waals surface area contributed by atoms with Crippen LogP contribution in [0, 0.1) is 11.6 Å². The molecule has 0 unspecified atom stereocenters. The van der Waals surface area contributed by atoms with Crippen LogP contribution in [0.1, 0.15) is 0 Å². The number of hydrogen-bond acceptors (Lipinski definition) is 3. The molecule has 0 radical (unpaired) electrons. The Morgan fingerprint density at radius 1 is 1.00 bits per heavy atom. The van der Waals surface area contributed by atoms with Gasteiger partial charge in [0.2, 0.25) is 0 Å². The molecule has 0 aliphatic carbocycles. The number of pyridine rings is 2. The van der Waals surface area contributed by atoms with Gasteiger partial charge in [-0.25, -0.2) is 13.8 Å². The Labute approximate surface area is 121 Å². The van der Waals surface area contributed by atoms with E-state index in [1.165, 1.54) is 6.20 Å². The molecule has 0 spiro atoms. The van der Waals surface area contributed by atoms with Gasteiger partial charge in [0.1, 0.15) is 5.69 Å². The van der Waals surface area contributed by atoms with Crippen LogP contribution in [0.25, 0.3) is 33.2 Å². The minimum Gasteiger partial charge on any atom is -0.328 e. The summed E-state index contributed by atoms with van der Waals surface area (Å²) in [6, 6.07) is 7.03. The van der Waals surface area contributed by atoms with Crippen molar-refractivity contribution in [3.8, 4) is 11.4 Å². The molecule has 0 atom stereocenters. The van der Waals surface area contributed by atoms with Crippen molar-refractivity contribution in [1.29, 1.82) is 0 Å². The Bertz CT molecular complexity index is 1080. The fourth-order valence-corrected chi connectivity index (χ4v) is 2.41. The predicted molar refractivity (Wildman–Crippen MR) is 77.4 cm³/mol. The Morgan fingerprint density at radius 2 is 1.82 bits per heavy atom. The van der Waals surface area contributed by atoms with E-state index in [9.17, 15) is 13.6 Å². The number of hydrogen-bond donors (Lipinski definition) is 2. The topological polar surface area (TPSA) is 74.4 Å². The number of H-pyrrole nitrogens is 2. The highest BCUT2D eigenvalue weighted by Gasteiger charge is 2.14. The van der Waals surface area contributed by atoms with Crippen LogP contribution in [0.15, 0.2) is 41.3 Å². The van der Waals surface area contributed by atoms with Crippen molar-refractivity contribution in [3.63, 3.8) is 0 Å². The van der Waals surface area contributed by atoms with Crippen molar-refractivity contribution < 1.29 is 8.78 Å². The van der Waals surface area contributed by atoms with Gasteiger partial charge in [-0.3, -0.25) is 9.89 Å². The summed E-state index contributed by atoms with van der Waals surface area (Å²) < 4.78 is 26.7. The van der Waals surface area contributed by atoms with Crippen LogP contribution in [-0.2, 0) is 0 Å². The molecule has 5 nitrogen and oxygen atoms in total. The van der Waals surface area contributed by atoms with E-state index in [-0.39, 0.29) is 5.56 Å². The third-order valence-electron chi connectivity index (χ3n) is 3.47. The van der Waals surface area contributed by atoms with E-state index in [0.29, 0.717) is 33.2 Å². The summed E-state index contributed by atoms with van der Waals surface area (Å²) >= 11 is 0. The van der Waals surface area contributed by atoms with Crippen LogP contribution < -0.4 is 5.56 Å². The van der Waals surface area contributed by atoms with Crippen molar-refractivity contribution >= 4 is 21.8 Å². The lowest BCUT2D eigenvalue weighted by Gasteiger charge is -2.01. The van der Waals surface area contributed by atoms with Gasteiger partial charge in [0, 0.05) is 17.6 Å². The molecule has 4 rings (SSSR count). The molecular weight excluding hydrogens is 290 g/mol. The monoisotopic (exact) mass is 298 g/mol. The van der Waals surface area contributed by atoms with Crippen molar-refractivity contribution in [1.82, 2.24) is 20.2 Å². The number of aromatic nitrogens is 4. The minimum atomic E-state index is -0.951. The summed E-state index contributed by atoms with van der Waals surface area (Å²) in [5.41, 5.74) is 1.50. The highest BCUT2D eigenvalue weighted by Crippen LogP contribution is 2.27. The van der Waals surface area contributed by atoms with Gasteiger partial charge in [0.05, 0.1) is 22.1 Å². The standard InChI is InChI=1S/C15H8F2N4O/c16-9-5-8-13(6-10(9)17)20-21-14(8)12-2-1-7-11(19-12)3-4-18-15(7)22/h1-6H,(H,18,22)(H,20,21). The zero-order valence-corrected chi connectivity index (χ0v) is 11.0. The first-order valence-electron chi connectivity index (χ1n) is 6.45. The Balaban J connectivity index is 1.99. The summed E-state index contributed by atoms with van der Waals surface area (Å²) in [4.78, 5) is 18.6. The lowest BCUT2D eigenvalue weighted by molar-refractivity contribution is 0.511. The molecule has 3 aromatic heterocycles. The average molecular weight is 298 g/mol. The molecule has 3 heterocycles. The summed E-state index contributed by atoms with van der Waals surface area (Å²) in [7, 11) is 0. The van der Waals surface area contributed by atoms with Gasteiger partial charge in [-0.1, -0.05) is 0 Å². The molecule has 7 heteroatoms. The van der Waals surface area contributed by atoms with E-state index in [4.69, 9.17) is 0 Å². The van der Waals surface area contributed by atoms with Gasteiger partial charge in [-0.15, -0.1) is 0 Å². The highest BCUT2D eigenvalue weighted by molar-refractivity contribution is 5.93. The first-order chi connectivity index (χ1) is 10.6. The fourth-order valence-electron chi connectivity index (χ4n) is 2.41. The number of aromatic amines is 2. The van der Waals surface area contributed by atoms with E-state index >= 15 is 0 Å². The highest BCUT2D eigenvalue weighted by atomic mass is 19.2. The number of rotatable bonds is 1. The van der Waals surface area contributed by atoms with Crippen LogP contribution in [-0.4, -0.2) is 20.2 Å². The lowest BCUT2D eigenvalue weighted by Crippen LogP contribution is -2.05. The van der Waals surface area contributed by atoms with Gasteiger partial charge in [-0.2, -0.15) is 5.10 Å². The minimum absolute atomic E-state index is 0.239. The van der Waals surface area contributed by atoms with Crippen molar-refractivity contribution in [2.45, 2.75) is 0 Å². The summed E-state index contributed by atoms with van der Waals surface area (Å²) in [5, 5.41) is 7.59. The van der Waals surface area contributed by atoms with Gasteiger partial charge >= 0.3 is 0 Å². The number of halogens is 2.